The molecule has 3 nitrogen and oxygen atoms in total. The van der Waals surface area contributed by atoms with Crippen LogP contribution in [-0.2, 0) is 5.41 Å². The molecule has 0 heterocycles. The van der Waals surface area contributed by atoms with Crippen molar-refractivity contribution in [1.29, 1.82) is 0 Å². The van der Waals surface area contributed by atoms with Crippen molar-refractivity contribution < 1.29 is 14.9 Å². The normalized spacial score (nSPS) is 14.0. The van der Waals surface area contributed by atoms with E-state index in [1.807, 2.05) is 13.8 Å². The standard InChI is InChI=1S/C22H34O3/c1-13(2)15(4)12-14(3)10-11-22(7,8)18-16(5)20(24)21(25-9)17(6)19(18)23/h10,13,15,23-24H,5-6,11-12H2,1-4,7-9H3. The summed E-state index contributed by atoms with van der Waals surface area (Å²) >= 11 is 0. The minimum absolute atomic E-state index is 0.0475. The van der Waals surface area contributed by atoms with Gasteiger partial charge in [0.05, 0.1) is 12.3 Å². The third-order valence-electron chi connectivity index (χ3n) is 5.22. The van der Waals surface area contributed by atoms with Gasteiger partial charge in [-0.15, -0.1) is 0 Å². The van der Waals surface area contributed by atoms with Gasteiger partial charge in [-0.05, 0) is 37.0 Å². The van der Waals surface area contributed by atoms with Crippen LogP contribution in [0.2, 0.25) is 0 Å². The van der Waals surface area contributed by atoms with E-state index in [-0.39, 0.29) is 22.7 Å². The number of phenolic OH excluding ortho intramolecular Hbond substituents is 2. The first-order valence-corrected chi connectivity index (χ1v) is 8.89. The van der Waals surface area contributed by atoms with Gasteiger partial charge in [0.2, 0.25) is 0 Å². The zero-order chi connectivity index (χ0) is 19.5. The molecule has 0 amide bonds. The zero-order valence-electron chi connectivity index (χ0n) is 16.9. The maximum atomic E-state index is 10.6. The Morgan fingerprint density at radius 3 is 2.16 bits per heavy atom. The third-order valence-corrected chi connectivity index (χ3v) is 5.22. The predicted octanol–water partition coefficient (Wildman–Crippen LogP) is 4.22. The van der Waals surface area contributed by atoms with E-state index in [1.165, 1.54) is 12.7 Å². The van der Waals surface area contributed by atoms with Crippen LogP contribution in [0.1, 0.15) is 59.9 Å². The second-order valence-electron chi connectivity index (χ2n) is 8.13. The van der Waals surface area contributed by atoms with Gasteiger partial charge in [0.25, 0.3) is 0 Å². The molecule has 0 radical (unpaired) electrons. The van der Waals surface area contributed by atoms with Gasteiger partial charge in [-0.2, -0.15) is 0 Å². The van der Waals surface area contributed by atoms with Gasteiger partial charge < -0.3 is 14.9 Å². The molecule has 1 aromatic carbocycles. The van der Waals surface area contributed by atoms with Crippen molar-refractivity contribution in [1.82, 2.24) is 0 Å². The fourth-order valence-electron chi connectivity index (χ4n) is 3.11. The first-order valence-electron chi connectivity index (χ1n) is 8.89. The Labute approximate surface area is 152 Å². The summed E-state index contributed by atoms with van der Waals surface area (Å²) < 4.78 is 5.14. The Bertz CT molecular complexity index is 742. The monoisotopic (exact) mass is 346 g/mol. The van der Waals surface area contributed by atoms with E-state index >= 15 is 0 Å². The molecule has 0 aliphatic heterocycles. The van der Waals surface area contributed by atoms with Crippen molar-refractivity contribution in [3.05, 3.63) is 27.6 Å². The van der Waals surface area contributed by atoms with E-state index in [0.29, 0.717) is 27.8 Å². The molecule has 3 heteroatoms. The average Bonchev–Trinajstić information content (AvgIpc) is 2.51. The van der Waals surface area contributed by atoms with Gasteiger partial charge in [-0.25, -0.2) is 0 Å². The Balaban J connectivity index is 3.24. The summed E-state index contributed by atoms with van der Waals surface area (Å²) in [7, 11) is 1.44. The van der Waals surface area contributed by atoms with Crippen LogP contribution in [0.15, 0.2) is 11.6 Å². The largest absolute Gasteiger partial charge is 0.507 e. The number of hydrogen-bond donors (Lipinski definition) is 2. The van der Waals surface area contributed by atoms with E-state index in [9.17, 15) is 10.2 Å². The molecule has 0 aliphatic carbocycles. The molecule has 1 unspecified atom stereocenters. The van der Waals surface area contributed by atoms with E-state index in [0.717, 1.165) is 12.8 Å². The van der Waals surface area contributed by atoms with Crippen molar-refractivity contribution in [2.75, 3.05) is 7.11 Å². The van der Waals surface area contributed by atoms with Gasteiger partial charge in [-0.3, -0.25) is 0 Å². The van der Waals surface area contributed by atoms with Crippen LogP contribution in [0, 0.1) is 11.8 Å². The molecule has 0 aromatic heterocycles. The molecule has 0 spiro atoms. The second-order valence-corrected chi connectivity index (χ2v) is 8.13. The molecule has 1 rings (SSSR count). The molecular weight excluding hydrogens is 312 g/mol. The summed E-state index contributed by atoms with van der Waals surface area (Å²) in [5.74, 6) is 1.46. The van der Waals surface area contributed by atoms with Crippen molar-refractivity contribution in [3.8, 4) is 17.2 Å². The van der Waals surface area contributed by atoms with Crippen LogP contribution in [0.4, 0.5) is 0 Å². The summed E-state index contributed by atoms with van der Waals surface area (Å²) in [4.78, 5) is 0. The molecule has 0 saturated carbocycles. The predicted molar refractivity (Wildman–Crippen MR) is 107 cm³/mol. The van der Waals surface area contributed by atoms with Gasteiger partial charge in [0, 0.05) is 10.8 Å². The molecule has 1 aromatic rings. The zero-order valence-corrected chi connectivity index (χ0v) is 16.9. The SMILES string of the molecule is C=c1c(O)c(C(C)(C)CC=C(C)CC(C)C(C)C)c(=C)c(O)c1OC. The second kappa shape index (κ2) is 7.99. The van der Waals surface area contributed by atoms with Crippen molar-refractivity contribution >= 4 is 13.2 Å². The number of hydrogen-bond acceptors (Lipinski definition) is 3. The summed E-state index contributed by atoms with van der Waals surface area (Å²) in [5.41, 5.74) is 1.57. The highest BCUT2D eigenvalue weighted by Gasteiger charge is 2.27. The van der Waals surface area contributed by atoms with Crippen molar-refractivity contribution in [2.45, 2.75) is 59.8 Å². The Morgan fingerprint density at radius 1 is 1.12 bits per heavy atom. The fourth-order valence-corrected chi connectivity index (χ4v) is 3.11. The maximum absolute atomic E-state index is 10.6. The first kappa shape index (κ1) is 21.1. The van der Waals surface area contributed by atoms with Crippen LogP contribution in [0.5, 0.6) is 17.2 Å². The molecule has 140 valence electrons. The van der Waals surface area contributed by atoms with E-state index in [2.05, 4.69) is 46.9 Å². The number of allylic oxidation sites excluding steroid dienone is 2. The molecule has 0 aliphatic rings. The molecule has 2 N–H and O–H groups in total. The first-order chi connectivity index (χ1) is 11.4. The van der Waals surface area contributed by atoms with Gasteiger partial charge >= 0.3 is 0 Å². The minimum Gasteiger partial charge on any atom is -0.507 e. The Hall–Kier alpha value is -1.90. The lowest BCUT2D eigenvalue weighted by Gasteiger charge is -2.27. The number of benzene rings is 1. The maximum Gasteiger partial charge on any atom is 0.171 e. The van der Waals surface area contributed by atoms with Gasteiger partial charge in [0.1, 0.15) is 5.75 Å². The van der Waals surface area contributed by atoms with Crippen LogP contribution in [0.3, 0.4) is 0 Å². The van der Waals surface area contributed by atoms with Crippen LogP contribution < -0.4 is 15.2 Å². The average molecular weight is 347 g/mol. The lowest BCUT2D eigenvalue weighted by atomic mass is 9.78. The fraction of sp³-hybridized carbons (Fsp3) is 0.545. The van der Waals surface area contributed by atoms with Gasteiger partial charge in [-0.1, -0.05) is 59.4 Å². The summed E-state index contributed by atoms with van der Waals surface area (Å²) in [6.45, 7) is 20.8. The Kier molecular flexibility index (Phi) is 6.75. The molecule has 0 fully saturated rings. The quantitative estimate of drug-likeness (QED) is 0.574. The minimum atomic E-state index is -0.389. The molecule has 0 saturated heterocycles. The molecule has 1 atom stereocenters. The Morgan fingerprint density at radius 2 is 1.68 bits per heavy atom. The van der Waals surface area contributed by atoms with E-state index < -0.39 is 0 Å². The lowest BCUT2D eigenvalue weighted by Crippen LogP contribution is -2.29. The highest BCUT2D eigenvalue weighted by Crippen LogP contribution is 2.34. The van der Waals surface area contributed by atoms with Crippen molar-refractivity contribution in [3.63, 3.8) is 0 Å². The highest BCUT2D eigenvalue weighted by atomic mass is 16.5. The number of methoxy groups -OCH3 is 1. The number of rotatable bonds is 7. The summed E-state index contributed by atoms with van der Waals surface area (Å²) in [6.07, 6.45) is 4.03. The molecular formula is C22H34O3. The topological polar surface area (TPSA) is 49.7 Å². The highest BCUT2D eigenvalue weighted by molar-refractivity contribution is 5.56. The summed E-state index contributed by atoms with van der Waals surface area (Å²) in [6, 6.07) is 0. The van der Waals surface area contributed by atoms with Crippen LogP contribution in [0.25, 0.3) is 13.2 Å². The van der Waals surface area contributed by atoms with Crippen LogP contribution in [-0.4, -0.2) is 17.3 Å². The van der Waals surface area contributed by atoms with E-state index in [4.69, 9.17) is 4.74 Å². The number of aromatic hydroxyl groups is 2. The van der Waals surface area contributed by atoms with Crippen LogP contribution >= 0.6 is 0 Å². The van der Waals surface area contributed by atoms with Crippen molar-refractivity contribution in [2.24, 2.45) is 11.8 Å². The molecule has 0 bridgehead atoms. The smallest absolute Gasteiger partial charge is 0.171 e. The lowest BCUT2D eigenvalue weighted by molar-refractivity contribution is 0.355. The number of phenols is 2. The van der Waals surface area contributed by atoms with E-state index in [1.54, 1.807) is 0 Å². The summed E-state index contributed by atoms with van der Waals surface area (Å²) in [5, 5.41) is 21.7. The number of ether oxygens (including phenoxy) is 1. The van der Waals surface area contributed by atoms with Gasteiger partial charge in [0.15, 0.2) is 11.5 Å². The molecule has 25 heavy (non-hydrogen) atoms. The third kappa shape index (κ3) is 4.59.